The maximum absolute atomic E-state index is 4.61. The molecule has 6 heteroatoms. The number of thiophene rings is 1. The largest absolute Gasteiger partial charge is 0.372 e. The summed E-state index contributed by atoms with van der Waals surface area (Å²) in [6.45, 7) is 0.834. The molecular weight excluding hydrogens is 258 g/mol. The Hall–Kier alpha value is -2.08. The molecule has 0 saturated heterocycles. The summed E-state index contributed by atoms with van der Waals surface area (Å²) in [6.07, 6.45) is 5.66. The molecule has 0 atom stereocenters. The Bertz CT molecular complexity index is 673. The van der Waals surface area contributed by atoms with Crippen molar-refractivity contribution < 1.29 is 0 Å². The third-order valence-electron chi connectivity index (χ3n) is 2.95. The van der Waals surface area contributed by atoms with E-state index < -0.39 is 0 Å². The Kier molecular flexibility index (Phi) is 3.08. The molecule has 0 aliphatic rings. The Morgan fingerprint density at radius 2 is 2.37 bits per heavy atom. The molecule has 0 amide bonds. The van der Waals surface area contributed by atoms with E-state index in [1.807, 2.05) is 30.9 Å². The first-order chi connectivity index (χ1) is 9.28. The lowest BCUT2D eigenvalue weighted by Crippen LogP contribution is -2.18. The van der Waals surface area contributed by atoms with E-state index in [2.05, 4.69) is 37.7 Å². The van der Waals surface area contributed by atoms with E-state index in [0.29, 0.717) is 0 Å². The molecule has 0 aliphatic carbocycles. The topological polar surface area (TPSA) is 45.5 Å². The van der Waals surface area contributed by atoms with Crippen LogP contribution in [-0.4, -0.2) is 28.5 Å². The minimum Gasteiger partial charge on any atom is -0.372 e. The summed E-state index contributed by atoms with van der Waals surface area (Å²) in [7, 11) is 3.91. The molecule has 5 nitrogen and oxygen atoms in total. The van der Waals surface area contributed by atoms with Crippen LogP contribution in [0.1, 0.15) is 4.88 Å². The van der Waals surface area contributed by atoms with Crippen LogP contribution in [-0.2, 0) is 6.54 Å². The lowest BCUT2D eigenvalue weighted by atomic mass is 10.4. The molecule has 3 heterocycles. The van der Waals surface area contributed by atoms with E-state index in [1.54, 1.807) is 17.5 Å². The molecule has 19 heavy (non-hydrogen) atoms. The van der Waals surface area contributed by atoms with Gasteiger partial charge in [-0.05, 0) is 11.4 Å². The highest BCUT2D eigenvalue weighted by Crippen LogP contribution is 2.22. The molecule has 1 N–H and O–H groups in total. The highest BCUT2D eigenvalue weighted by Gasteiger charge is 2.12. The fourth-order valence-electron chi connectivity index (χ4n) is 2.00. The Morgan fingerprint density at radius 1 is 1.47 bits per heavy atom. The highest BCUT2D eigenvalue weighted by atomic mass is 32.1. The third-order valence-corrected chi connectivity index (χ3v) is 3.81. The summed E-state index contributed by atoms with van der Waals surface area (Å²) in [5.41, 5.74) is 0.873. The standard InChI is InChI=1S/C13H15N5S/c1-14-11-9-18-6-5-15-12(18)13(16-11)17(2)8-10-4-3-7-19-10/h3-7,9,14H,8H2,1-2H3. The summed E-state index contributed by atoms with van der Waals surface area (Å²) in [4.78, 5) is 12.4. The fraction of sp³-hybridized carbons (Fsp3) is 0.231. The molecule has 0 aromatic carbocycles. The van der Waals surface area contributed by atoms with Crippen molar-refractivity contribution in [3.8, 4) is 0 Å². The molecule has 3 rings (SSSR count). The van der Waals surface area contributed by atoms with Crippen LogP contribution in [0.4, 0.5) is 11.6 Å². The van der Waals surface area contributed by atoms with E-state index in [1.165, 1.54) is 4.88 Å². The number of aromatic nitrogens is 3. The zero-order chi connectivity index (χ0) is 13.2. The predicted molar refractivity (Wildman–Crippen MR) is 79.0 cm³/mol. The number of rotatable bonds is 4. The zero-order valence-electron chi connectivity index (χ0n) is 10.9. The molecule has 0 aliphatic heterocycles. The monoisotopic (exact) mass is 273 g/mol. The molecule has 0 spiro atoms. The van der Waals surface area contributed by atoms with Gasteiger partial charge in [0.05, 0.1) is 12.7 Å². The first-order valence-corrected chi connectivity index (χ1v) is 6.91. The lowest BCUT2D eigenvalue weighted by molar-refractivity contribution is 0.906. The number of anilines is 2. The second-order valence-electron chi connectivity index (χ2n) is 4.29. The number of nitrogens with zero attached hydrogens (tertiary/aromatic N) is 4. The van der Waals surface area contributed by atoms with Gasteiger partial charge in [0.1, 0.15) is 5.82 Å². The van der Waals surface area contributed by atoms with Crippen molar-refractivity contribution in [2.24, 2.45) is 0 Å². The Balaban J connectivity index is 2.00. The smallest absolute Gasteiger partial charge is 0.180 e. The van der Waals surface area contributed by atoms with Gasteiger partial charge in [-0.15, -0.1) is 11.3 Å². The average Bonchev–Trinajstić information content (AvgIpc) is 3.07. The summed E-state index contributed by atoms with van der Waals surface area (Å²) in [5.74, 6) is 1.71. The number of fused-ring (bicyclic) bond motifs is 1. The van der Waals surface area contributed by atoms with Gasteiger partial charge in [0.15, 0.2) is 11.5 Å². The van der Waals surface area contributed by atoms with Gasteiger partial charge in [-0.25, -0.2) is 9.97 Å². The average molecular weight is 273 g/mol. The molecule has 0 bridgehead atoms. The number of nitrogens with one attached hydrogen (secondary N) is 1. The molecule has 0 saturated carbocycles. The molecular formula is C13H15N5S. The Labute approximate surface area is 115 Å². The van der Waals surface area contributed by atoms with Gasteiger partial charge in [-0.2, -0.15) is 0 Å². The van der Waals surface area contributed by atoms with E-state index >= 15 is 0 Å². The minimum absolute atomic E-state index is 0.832. The maximum Gasteiger partial charge on any atom is 0.180 e. The van der Waals surface area contributed by atoms with Crippen LogP contribution in [0.15, 0.2) is 36.1 Å². The van der Waals surface area contributed by atoms with Crippen molar-refractivity contribution in [1.29, 1.82) is 0 Å². The molecule has 98 valence electrons. The van der Waals surface area contributed by atoms with Crippen molar-refractivity contribution in [3.63, 3.8) is 0 Å². The van der Waals surface area contributed by atoms with Crippen LogP contribution in [0.25, 0.3) is 5.65 Å². The van der Waals surface area contributed by atoms with Gasteiger partial charge in [0.2, 0.25) is 0 Å². The van der Waals surface area contributed by atoms with Crippen molar-refractivity contribution >= 4 is 28.6 Å². The second-order valence-corrected chi connectivity index (χ2v) is 5.33. The molecule has 3 aromatic rings. The number of hydrogen-bond acceptors (Lipinski definition) is 5. The molecule has 3 aromatic heterocycles. The van der Waals surface area contributed by atoms with Crippen molar-refractivity contribution in [2.75, 3.05) is 24.3 Å². The van der Waals surface area contributed by atoms with E-state index in [-0.39, 0.29) is 0 Å². The number of hydrogen-bond donors (Lipinski definition) is 1. The van der Waals surface area contributed by atoms with Gasteiger partial charge < -0.3 is 14.6 Å². The first-order valence-electron chi connectivity index (χ1n) is 6.03. The fourth-order valence-corrected chi connectivity index (χ4v) is 2.76. The summed E-state index contributed by atoms with van der Waals surface area (Å²) in [5, 5.41) is 5.17. The van der Waals surface area contributed by atoms with Crippen LogP contribution in [0.2, 0.25) is 0 Å². The van der Waals surface area contributed by atoms with Crippen molar-refractivity contribution in [3.05, 3.63) is 41.0 Å². The van der Waals surface area contributed by atoms with Crippen LogP contribution >= 0.6 is 11.3 Å². The van der Waals surface area contributed by atoms with Crippen LogP contribution in [0.5, 0.6) is 0 Å². The predicted octanol–water partition coefficient (Wildman–Crippen LogP) is 2.47. The van der Waals surface area contributed by atoms with Gasteiger partial charge in [-0.3, -0.25) is 0 Å². The second kappa shape index (κ2) is 4.89. The van der Waals surface area contributed by atoms with Gasteiger partial charge in [0, 0.05) is 31.4 Å². The highest BCUT2D eigenvalue weighted by molar-refractivity contribution is 7.09. The van der Waals surface area contributed by atoms with E-state index in [4.69, 9.17) is 0 Å². The third kappa shape index (κ3) is 2.26. The SMILES string of the molecule is CNc1cn2ccnc2c(N(C)Cc2cccs2)n1. The number of imidazole rings is 1. The molecule has 0 radical (unpaired) electrons. The van der Waals surface area contributed by atoms with Crippen LogP contribution in [0.3, 0.4) is 0 Å². The van der Waals surface area contributed by atoms with Crippen LogP contribution in [0, 0.1) is 0 Å². The lowest BCUT2D eigenvalue weighted by Gasteiger charge is -2.18. The minimum atomic E-state index is 0.832. The van der Waals surface area contributed by atoms with Crippen molar-refractivity contribution in [1.82, 2.24) is 14.4 Å². The molecule has 0 fully saturated rings. The summed E-state index contributed by atoms with van der Waals surface area (Å²) < 4.78 is 1.99. The van der Waals surface area contributed by atoms with E-state index in [0.717, 1.165) is 23.8 Å². The van der Waals surface area contributed by atoms with E-state index in [9.17, 15) is 0 Å². The zero-order valence-corrected chi connectivity index (χ0v) is 11.7. The molecule has 0 unspecified atom stereocenters. The Morgan fingerprint density at radius 3 is 3.11 bits per heavy atom. The summed E-state index contributed by atoms with van der Waals surface area (Å²) in [6, 6.07) is 4.20. The normalized spacial score (nSPS) is 10.8. The van der Waals surface area contributed by atoms with Gasteiger partial charge >= 0.3 is 0 Å². The first kappa shape index (κ1) is 12.0. The van der Waals surface area contributed by atoms with Crippen LogP contribution < -0.4 is 10.2 Å². The van der Waals surface area contributed by atoms with Crippen molar-refractivity contribution in [2.45, 2.75) is 6.54 Å². The summed E-state index contributed by atoms with van der Waals surface area (Å²) >= 11 is 1.75. The van der Waals surface area contributed by atoms with Gasteiger partial charge in [-0.1, -0.05) is 6.07 Å². The van der Waals surface area contributed by atoms with Gasteiger partial charge in [0.25, 0.3) is 0 Å². The quantitative estimate of drug-likeness (QED) is 0.793. The maximum atomic E-state index is 4.61.